The molecule has 1 saturated heterocycles. The minimum atomic E-state index is -0.654. The van der Waals surface area contributed by atoms with Crippen LogP contribution in [0.1, 0.15) is 33.1 Å². The van der Waals surface area contributed by atoms with Gasteiger partial charge in [-0.05, 0) is 39.0 Å². The van der Waals surface area contributed by atoms with Gasteiger partial charge in [0.1, 0.15) is 5.78 Å². The van der Waals surface area contributed by atoms with Gasteiger partial charge in [-0.2, -0.15) is 0 Å². The van der Waals surface area contributed by atoms with Gasteiger partial charge in [-0.1, -0.05) is 0 Å². The Kier molecular flexibility index (Phi) is 4.67. The van der Waals surface area contributed by atoms with Gasteiger partial charge in [-0.3, -0.25) is 25.0 Å². The van der Waals surface area contributed by atoms with E-state index in [4.69, 9.17) is 0 Å². The fourth-order valence-corrected chi connectivity index (χ4v) is 4.67. The van der Waals surface area contributed by atoms with E-state index in [1.54, 1.807) is 6.92 Å². The highest BCUT2D eigenvalue weighted by atomic mass is 16.3. The summed E-state index contributed by atoms with van der Waals surface area (Å²) in [6.07, 6.45) is 2.07. The fraction of sp³-hybridized carbons (Fsp3) is 0.824. The highest BCUT2D eigenvalue weighted by molar-refractivity contribution is 6.06. The first-order chi connectivity index (χ1) is 10.9. The van der Waals surface area contributed by atoms with Crippen LogP contribution in [-0.4, -0.2) is 47.8 Å². The smallest absolute Gasteiger partial charge is 0.156 e. The summed E-state index contributed by atoms with van der Waals surface area (Å²) >= 11 is 0. The van der Waals surface area contributed by atoms with Crippen LogP contribution in [-0.2, 0) is 14.4 Å². The molecule has 6 heteroatoms. The Morgan fingerprint density at radius 3 is 2.57 bits per heavy atom. The quantitative estimate of drug-likeness (QED) is 0.583. The molecule has 0 spiro atoms. The zero-order chi connectivity index (χ0) is 16.7. The monoisotopic (exact) mass is 322 g/mol. The van der Waals surface area contributed by atoms with Crippen molar-refractivity contribution in [1.29, 1.82) is 0 Å². The molecular formula is C17H26N2O4. The molecule has 2 bridgehead atoms. The molecule has 2 saturated carbocycles. The summed E-state index contributed by atoms with van der Waals surface area (Å²) in [5, 5.41) is 16.0. The number of ketones is 3. The molecule has 3 N–H and O–H groups in total. The van der Waals surface area contributed by atoms with Crippen molar-refractivity contribution < 1.29 is 19.5 Å². The van der Waals surface area contributed by atoms with Crippen LogP contribution in [0.4, 0.5) is 0 Å². The average molecular weight is 322 g/mol. The molecule has 2 aliphatic carbocycles. The highest BCUT2D eigenvalue weighted by Gasteiger charge is 2.52. The molecule has 23 heavy (non-hydrogen) atoms. The van der Waals surface area contributed by atoms with Crippen LogP contribution >= 0.6 is 0 Å². The zero-order valence-electron chi connectivity index (χ0n) is 13.7. The predicted octanol–water partition coefficient (Wildman–Crippen LogP) is -0.108. The predicted molar refractivity (Wildman–Crippen MR) is 83.5 cm³/mol. The molecule has 128 valence electrons. The Bertz CT molecular complexity index is 521. The van der Waals surface area contributed by atoms with E-state index in [0.717, 1.165) is 12.8 Å². The van der Waals surface area contributed by atoms with Crippen LogP contribution < -0.4 is 10.6 Å². The van der Waals surface area contributed by atoms with E-state index in [1.165, 1.54) is 0 Å². The standard InChI is InChI=1S/C17H26N2O4/c1-8-13(21)6-18-9(2)19-15-11(7-20)5-10-3-4-12(16(8)22)14(10)17(15)23/h8-12,14-15,18-20H,3-7H2,1-2H3/t8?,9?,10?,11-,12+,14?,15+/m0/s1. The summed E-state index contributed by atoms with van der Waals surface area (Å²) in [5.74, 6) is -1.37. The second kappa shape index (κ2) is 6.42. The molecule has 0 radical (unpaired) electrons. The van der Waals surface area contributed by atoms with Gasteiger partial charge in [0.25, 0.3) is 0 Å². The van der Waals surface area contributed by atoms with Crippen molar-refractivity contribution in [3.63, 3.8) is 0 Å². The number of nitrogens with one attached hydrogen (secondary N) is 2. The third kappa shape index (κ3) is 2.88. The molecule has 1 heterocycles. The first-order valence-electron chi connectivity index (χ1n) is 8.64. The summed E-state index contributed by atoms with van der Waals surface area (Å²) in [4.78, 5) is 38.0. The Morgan fingerprint density at radius 2 is 1.87 bits per heavy atom. The van der Waals surface area contributed by atoms with Crippen molar-refractivity contribution in [2.75, 3.05) is 13.2 Å². The normalized spacial score (nSPS) is 45.0. The average Bonchev–Trinajstić information content (AvgIpc) is 2.96. The Balaban J connectivity index is 1.96. The molecule has 0 aromatic carbocycles. The van der Waals surface area contributed by atoms with Crippen LogP contribution in [0.3, 0.4) is 0 Å². The van der Waals surface area contributed by atoms with Gasteiger partial charge in [0.15, 0.2) is 11.6 Å². The molecule has 3 rings (SSSR count). The number of fused-ring (bicyclic) bond motifs is 1. The van der Waals surface area contributed by atoms with Crippen LogP contribution in [0.15, 0.2) is 0 Å². The molecule has 7 atom stereocenters. The minimum absolute atomic E-state index is 0.0344. The van der Waals surface area contributed by atoms with Crippen molar-refractivity contribution in [3.8, 4) is 0 Å². The zero-order valence-corrected chi connectivity index (χ0v) is 13.7. The van der Waals surface area contributed by atoms with E-state index in [9.17, 15) is 19.5 Å². The number of aliphatic hydroxyl groups is 1. The Labute approximate surface area is 136 Å². The molecule has 1 aliphatic heterocycles. The van der Waals surface area contributed by atoms with E-state index in [0.29, 0.717) is 6.42 Å². The maximum Gasteiger partial charge on any atom is 0.156 e. The molecular weight excluding hydrogens is 296 g/mol. The first-order valence-corrected chi connectivity index (χ1v) is 8.64. The summed E-state index contributed by atoms with van der Waals surface area (Å²) in [5.41, 5.74) is 0. The van der Waals surface area contributed by atoms with Crippen molar-refractivity contribution in [2.24, 2.45) is 29.6 Å². The highest BCUT2D eigenvalue weighted by Crippen LogP contribution is 2.47. The van der Waals surface area contributed by atoms with E-state index >= 15 is 0 Å². The van der Waals surface area contributed by atoms with Crippen LogP contribution in [0, 0.1) is 29.6 Å². The number of hydrogen-bond donors (Lipinski definition) is 3. The summed E-state index contributed by atoms with van der Waals surface area (Å²) in [6.45, 7) is 3.61. The maximum absolute atomic E-state index is 13.0. The van der Waals surface area contributed by atoms with E-state index < -0.39 is 12.0 Å². The molecule has 0 amide bonds. The van der Waals surface area contributed by atoms with E-state index in [1.807, 2.05) is 6.92 Å². The van der Waals surface area contributed by atoms with Crippen LogP contribution in [0.2, 0.25) is 0 Å². The van der Waals surface area contributed by atoms with Gasteiger partial charge >= 0.3 is 0 Å². The first kappa shape index (κ1) is 16.7. The summed E-state index contributed by atoms with van der Waals surface area (Å²) < 4.78 is 0. The number of carbonyl (C=O) groups is 3. The second-order valence-corrected chi connectivity index (χ2v) is 7.39. The van der Waals surface area contributed by atoms with Gasteiger partial charge < -0.3 is 5.11 Å². The van der Waals surface area contributed by atoms with Crippen molar-refractivity contribution in [2.45, 2.75) is 45.3 Å². The van der Waals surface area contributed by atoms with Crippen LogP contribution in [0.5, 0.6) is 0 Å². The second-order valence-electron chi connectivity index (χ2n) is 7.39. The SMILES string of the molecule is CC1NCC(=O)C(C)C(=O)[C@@H]2CCC3C[C@@H](CO)[C@@H](N1)C(=O)C32. The van der Waals surface area contributed by atoms with Crippen LogP contribution in [0.25, 0.3) is 0 Å². The van der Waals surface area contributed by atoms with Gasteiger partial charge in [0.2, 0.25) is 0 Å². The number of aliphatic hydroxyl groups excluding tert-OH is 1. The number of Topliss-reactive ketones (excluding diaryl/α,β-unsaturated/α-hetero) is 3. The van der Waals surface area contributed by atoms with Gasteiger partial charge in [0.05, 0.1) is 24.7 Å². The lowest BCUT2D eigenvalue weighted by molar-refractivity contribution is -0.141. The summed E-state index contributed by atoms with van der Waals surface area (Å²) in [7, 11) is 0. The third-order valence-corrected chi connectivity index (χ3v) is 6.02. The third-order valence-electron chi connectivity index (χ3n) is 6.02. The largest absolute Gasteiger partial charge is 0.396 e. The lowest BCUT2D eigenvalue weighted by Gasteiger charge is -2.39. The Hall–Kier alpha value is -1.11. The topological polar surface area (TPSA) is 95.5 Å². The molecule has 0 aromatic rings. The lowest BCUT2D eigenvalue weighted by atomic mass is 9.68. The molecule has 4 unspecified atom stereocenters. The Morgan fingerprint density at radius 1 is 1.13 bits per heavy atom. The van der Waals surface area contributed by atoms with Crippen molar-refractivity contribution in [3.05, 3.63) is 0 Å². The number of rotatable bonds is 1. The van der Waals surface area contributed by atoms with E-state index in [2.05, 4.69) is 10.6 Å². The molecule has 3 fully saturated rings. The lowest BCUT2D eigenvalue weighted by Crippen LogP contribution is -2.58. The van der Waals surface area contributed by atoms with Crippen molar-refractivity contribution in [1.82, 2.24) is 10.6 Å². The van der Waals surface area contributed by atoms with Gasteiger partial charge in [-0.25, -0.2) is 0 Å². The van der Waals surface area contributed by atoms with Gasteiger partial charge in [-0.15, -0.1) is 0 Å². The maximum atomic E-state index is 13.0. The minimum Gasteiger partial charge on any atom is -0.396 e. The van der Waals surface area contributed by atoms with E-state index in [-0.39, 0.29) is 60.3 Å². The fourth-order valence-electron chi connectivity index (χ4n) is 4.67. The number of carbonyl (C=O) groups excluding carboxylic acids is 3. The van der Waals surface area contributed by atoms with Crippen molar-refractivity contribution >= 4 is 17.3 Å². The summed E-state index contributed by atoms with van der Waals surface area (Å²) in [6, 6.07) is -0.444. The molecule has 6 nitrogen and oxygen atoms in total. The molecule has 0 aromatic heterocycles. The molecule has 3 aliphatic rings. The number of hydrogen-bond acceptors (Lipinski definition) is 6. The van der Waals surface area contributed by atoms with Gasteiger partial charge in [0, 0.05) is 24.4 Å².